The Balaban J connectivity index is 1.96. The molecule has 0 atom stereocenters. The summed E-state index contributed by atoms with van der Waals surface area (Å²) in [5, 5.41) is 8.79. The maximum atomic E-state index is 13.8. The van der Waals surface area contributed by atoms with Crippen molar-refractivity contribution in [3.05, 3.63) is 35.1 Å². The van der Waals surface area contributed by atoms with Crippen LogP contribution in [0.15, 0.2) is 18.2 Å². The van der Waals surface area contributed by atoms with Crippen molar-refractivity contribution in [2.75, 3.05) is 0 Å². The Morgan fingerprint density at radius 3 is 2.22 bits per heavy atom. The van der Waals surface area contributed by atoms with E-state index in [1.165, 1.54) is 38.5 Å². The van der Waals surface area contributed by atoms with Crippen molar-refractivity contribution in [2.24, 2.45) is 5.41 Å². The zero-order valence-electron chi connectivity index (χ0n) is 10.8. The molecule has 1 aromatic rings. The van der Waals surface area contributed by atoms with Crippen molar-refractivity contribution >= 4 is 0 Å². The van der Waals surface area contributed by atoms with Crippen LogP contribution in [0.1, 0.15) is 56.6 Å². The van der Waals surface area contributed by atoms with Crippen LogP contribution < -0.4 is 0 Å². The molecule has 0 aromatic heterocycles. The first kappa shape index (κ1) is 11.7. The lowest BCUT2D eigenvalue weighted by Gasteiger charge is -2.52. The molecule has 18 heavy (non-hydrogen) atoms. The van der Waals surface area contributed by atoms with E-state index >= 15 is 0 Å². The average Bonchev–Trinajstić information content (AvgIpc) is 2.40. The average molecular weight is 243 g/mol. The van der Waals surface area contributed by atoms with E-state index in [1.54, 1.807) is 12.1 Å². The van der Waals surface area contributed by atoms with Gasteiger partial charge in [0.05, 0.1) is 5.56 Å². The van der Waals surface area contributed by atoms with Gasteiger partial charge in [0.15, 0.2) is 0 Å². The summed E-state index contributed by atoms with van der Waals surface area (Å²) in [6.45, 7) is 2.38. The van der Waals surface area contributed by atoms with E-state index in [0.29, 0.717) is 5.41 Å². The monoisotopic (exact) mass is 243 g/mol. The number of nitriles is 1. The Labute approximate surface area is 108 Å². The van der Waals surface area contributed by atoms with Gasteiger partial charge in [-0.15, -0.1) is 0 Å². The zero-order valence-corrected chi connectivity index (χ0v) is 10.8. The number of benzene rings is 1. The van der Waals surface area contributed by atoms with Crippen LogP contribution in [0, 0.1) is 22.6 Å². The molecule has 3 aliphatic rings. The molecule has 0 N–H and O–H groups in total. The summed E-state index contributed by atoms with van der Waals surface area (Å²) in [5.41, 5.74) is 1.99. The second kappa shape index (κ2) is 3.82. The summed E-state index contributed by atoms with van der Waals surface area (Å²) in [7, 11) is 0. The second-order valence-corrected chi connectivity index (χ2v) is 6.40. The van der Waals surface area contributed by atoms with Gasteiger partial charge in [-0.3, -0.25) is 0 Å². The Hall–Kier alpha value is -1.36. The van der Waals surface area contributed by atoms with Crippen molar-refractivity contribution in [2.45, 2.75) is 50.9 Å². The zero-order chi connectivity index (χ0) is 12.8. The fourth-order valence-corrected chi connectivity index (χ4v) is 3.74. The van der Waals surface area contributed by atoms with Gasteiger partial charge in [-0.25, -0.2) is 4.39 Å². The number of halogens is 1. The summed E-state index contributed by atoms with van der Waals surface area (Å²) >= 11 is 0. The van der Waals surface area contributed by atoms with Gasteiger partial charge in [0, 0.05) is 0 Å². The Bertz CT molecular complexity index is 502. The molecule has 0 saturated heterocycles. The van der Waals surface area contributed by atoms with Gasteiger partial charge in [-0.05, 0) is 67.1 Å². The molecule has 3 saturated carbocycles. The minimum atomic E-state index is -0.358. The highest BCUT2D eigenvalue weighted by Gasteiger charge is 2.46. The first-order chi connectivity index (χ1) is 8.57. The third kappa shape index (κ3) is 1.65. The van der Waals surface area contributed by atoms with Crippen molar-refractivity contribution in [3.63, 3.8) is 0 Å². The van der Waals surface area contributed by atoms with Crippen LogP contribution in [0.4, 0.5) is 4.39 Å². The quantitative estimate of drug-likeness (QED) is 0.721. The maximum absolute atomic E-state index is 13.8. The van der Waals surface area contributed by atoms with E-state index in [4.69, 9.17) is 5.26 Å². The van der Waals surface area contributed by atoms with Crippen molar-refractivity contribution < 1.29 is 4.39 Å². The van der Waals surface area contributed by atoms with E-state index in [2.05, 4.69) is 6.92 Å². The summed E-state index contributed by atoms with van der Waals surface area (Å²) in [4.78, 5) is 0. The lowest BCUT2D eigenvalue weighted by molar-refractivity contribution is 0.0555. The molecule has 2 bridgehead atoms. The lowest BCUT2D eigenvalue weighted by Crippen LogP contribution is -2.42. The molecule has 0 spiro atoms. The van der Waals surface area contributed by atoms with Crippen LogP contribution in [0.2, 0.25) is 0 Å². The van der Waals surface area contributed by atoms with E-state index in [-0.39, 0.29) is 16.8 Å². The number of rotatable bonds is 1. The second-order valence-electron chi connectivity index (χ2n) is 6.40. The van der Waals surface area contributed by atoms with Gasteiger partial charge in [0.25, 0.3) is 0 Å². The summed E-state index contributed by atoms with van der Waals surface area (Å²) in [5.74, 6) is -0.358. The fraction of sp³-hybridized carbons (Fsp3) is 0.562. The minimum Gasteiger partial charge on any atom is -0.206 e. The third-order valence-corrected chi connectivity index (χ3v) is 5.32. The Kier molecular flexibility index (Phi) is 2.48. The molecular weight excluding hydrogens is 225 g/mol. The first-order valence-electron chi connectivity index (χ1n) is 6.77. The summed E-state index contributed by atoms with van der Waals surface area (Å²) in [6, 6.07) is 7.11. The highest BCUT2D eigenvalue weighted by Crippen LogP contribution is 2.57. The highest BCUT2D eigenvalue weighted by atomic mass is 19.1. The molecule has 3 aliphatic carbocycles. The van der Waals surface area contributed by atoms with Crippen LogP contribution >= 0.6 is 0 Å². The molecule has 0 aliphatic heterocycles. The van der Waals surface area contributed by atoms with E-state index in [1.807, 2.05) is 12.1 Å². The molecule has 0 radical (unpaired) electrons. The molecule has 1 aromatic carbocycles. The highest BCUT2D eigenvalue weighted by molar-refractivity contribution is 5.37. The van der Waals surface area contributed by atoms with Crippen LogP contribution in [0.3, 0.4) is 0 Å². The van der Waals surface area contributed by atoms with Crippen LogP contribution in [-0.2, 0) is 5.41 Å². The molecule has 0 amide bonds. The van der Waals surface area contributed by atoms with Crippen LogP contribution in [0.25, 0.3) is 0 Å². The van der Waals surface area contributed by atoms with E-state index in [0.717, 1.165) is 5.56 Å². The fourth-order valence-electron chi connectivity index (χ4n) is 3.74. The molecule has 0 unspecified atom stereocenters. The topological polar surface area (TPSA) is 23.8 Å². The van der Waals surface area contributed by atoms with Crippen molar-refractivity contribution in [1.82, 2.24) is 0 Å². The minimum absolute atomic E-state index is 0.159. The van der Waals surface area contributed by atoms with Crippen LogP contribution in [0.5, 0.6) is 0 Å². The molecule has 1 nitrogen and oxygen atoms in total. The van der Waals surface area contributed by atoms with E-state index < -0.39 is 0 Å². The van der Waals surface area contributed by atoms with Gasteiger partial charge in [-0.2, -0.15) is 5.26 Å². The Morgan fingerprint density at radius 1 is 1.11 bits per heavy atom. The van der Waals surface area contributed by atoms with Gasteiger partial charge in [-0.1, -0.05) is 13.0 Å². The van der Waals surface area contributed by atoms with Gasteiger partial charge >= 0.3 is 0 Å². The summed E-state index contributed by atoms with van der Waals surface area (Å²) in [6.07, 6.45) is 7.30. The molecule has 3 fully saturated rings. The van der Waals surface area contributed by atoms with E-state index in [9.17, 15) is 4.39 Å². The number of hydrogen-bond acceptors (Lipinski definition) is 1. The number of fused-ring (bicyclic) bond motifs is 3. The standard InChI is InChI=1S/C16H18FN/c1-15-4-7-16(8-5-15,9-6-15)13-3-2-12(11-18)14(17)10-13/h2-3,10H,4-9H2,1H3. The van der Waals surface area contributed by atoms with Crippen LogP contribution in [-0.4, -0.2) is 0 Å². The van der Waals surface area contributed by atoms with Gasteiger partial charge in [0.1, 0.15) is 11.9 Å². The van der Waals surface area contributed by atoms with Crippen molar-refractivity contribution in [1.29, 1.82) is 5.26 Å². The maximum Gasteiger partial charge on any atom is 0.141 e. The predicted molar refractivity (Wildman–Crippen MR) is 68.6 cm³/mol. The summed E-state index contributed by atoms with van der Waals surface area (Å²) < 4.78 is 13.8. The molecule has 4 rings (SSSR count). The Morgan fingerprint density at radius 2 is 1.72 bits per heavy atom. The molecule has 2 heteroatoms. The lowest BCUT2D eigenvalue weighted by atomic mass is 9.52. The van der Waals surface area contributed by atoms with Crippen molar-refractivity contribution in [3.8, 4) is 6.07 Å². The first-order valence-corrected chi connectivity index (χ1v) is 6.77. The normalized spacial score (nSPS) is 34.3. The molecule has 0 heterocycles. The SMILES string of the molecule is CC12CCC(c3ccc(C#N)c(F)c3)(CC1)CC2. The molecule has 94 valence electrons. The third-order valence-electron chi connectivity index (χ3n) is 5.32. The predicted octanol–water partition coefficient (Wildman–Crippen LogP) is 4.31. The smallest absolute Gasteiger partial charge is 0.141 e. The molecular formula is C16H18FN. The number of nitrogens with zero attached hydrogens (tertiary/aromatic N) is 1. The van der Waals surface area contributed by atoms with Gasteiger partial charge < -0.3 is 0 Å². The number of hydrogen-bond donors (Lipinski definition) is 0. The van der Waals surface area contributed by atoms with Gasteiger partial charge in [0.2, 0.25) is 0 Å². The largest absolute Gasteiger partial charge is 0.206 e.